The molecule has 0 amide bonds. The standard InChI is InChI=1S/C16H16N2O2S/c1-11-7-9-21-14(11)6-8-18-10-17-15-12(16(18)19)4-3-5-13(15)20-2/h3-5,7,9-10H,6,8H2,1-2H3. The van der Waals surface area contributed by atoms with Crippen molar-refractivity contribution in [1.29, 1.82) is 0 Å². The van der Waals surface area contributed by atoms with Gasteiger partial charge in [-0.15, -0.1) is 11.3 Å². The zero-order valence-electron chi connectivity index (χ0n) is 12.0. The van der Waals surface area contributed by atoms with Crippen LogP contribution in [0.3, 0.4) is 0 Å². The van der Waals surface area contributed by atoms with Gasteiger partial charge in [-0.1, -0.05) is 6.07 Å². The molecule has 0 fully saturated rings. The number of aromatic nitrogens is 2. The summed E-state index contributed by atoms with van der Waals surface area (Å²) in [5, 5.41) is 2.68. The predicted octanol–water partition coefficient (Wildman–Crippen LogP) is 3.02. The highest BCUT2D eigenvalue weighted by molar-refractivity contribution is 7.10. The molecule has 0 unspecified atom stereocenters. The normalized spacial score (nSPS) is 11.0. The second-order valence-electron chi connectivity index (χ2n) is 4.88. The van der Waals surface area contributed by atoms with Gasteiger partial charge in [-0.05, 0) is 36.1 Å². The van der Waals surface area contributed by atoms with E-state index in [0.29, 0.717) is 23.2 Å². The van der Waals surface area contributed by atoms with Crippen molar-refractivity contribution in [1.82, 2.24) is 9.55 Å². The average molecular weight is 300 g/mol. The summed E-state index contributed by atoms with van der Waals surface area (Å²) in [6.45, 7) is 2.73. The van der Waals surface area contributed by atoms with Crippen molar-refractivity contribution in [2.45, 2.75) is 19.9 Å². The third kappa shape index (κ3) is 2.56. The van der Waals surface area contributed by atoms with Gasteiger partial charge in [-0.25, -0.2) is 4.98 Å². The molecule has 0 atom stereocenters. The van der Waals surface area contributed by atoms with E-state index in [1.54, 1.807) is 35.4 Å². The molecule has 1 aromatic carbocycles. The van der Waals surface area contributed by atoms with E-state index in [2.05, 4.69) is 23.4 Å². The Bertz CT molecular complexity index is 836. The number of para-hydroxylation sites is 1. The van der Waals surface area contributed by atoms with Crippen molar-refractivity contribution in [2.24, 2.45) is 0 Å². The molecule has 0 aliphatic rings. The fraction of sp³-hybridized carbons (Fsp3) is 0.250. The molecule has 4 nitrogen and oxygen atoms in total. The lowest BCUT2D eigenvalue weighted by atomic mass is 10.2. The molecule has 3 aromatic rings. The summed E-state index contributed by atoms with van der Waals surface area (Å²) in [6, 6.07) is 7.53. The van der Waals surface area contributed by atoms with Crippen molar-refractivity contribution in [2.75, 3.05) is 7.11 Å². The zero-order chi connectivity index (χ0) is 14.8. The molecule has 0 bridgehead atoms. The van der Waals surface area contributed by atoms with Gasteiger partial charge in [0.15, 0.2) is 0 Å². The Hall–Kier alpha value is -2.14. The van der Waals surface area contributed by atoms with Crippen molar-refractivity contribution in [3.63, 3.8) is 0 Å². The Balaban J connectivity index is 1.95. The highest BCUT2D eigenvalue weighted by atomic mass is 32.1. The first-order valence-electron chi connectivity index (χ1n) is 6.76. The molecule has 5 heteroatoms. The molecule has 21 heavy (non-hydrogen) atoms. The Morgan fingerprint density at radius 2 is 2.19 bits per heavy atom. The SMILES string of the molecule is COc1cccc2c(=O)n(CCc3sccc3C)cnc12. The number of hydrogen-bond donors (Lipinski definition) is 0. The molecule has 0 saturated carbocycles. The van der Waals surface area contributed by atoms with Gasteiger partial charge < -0.3 is 4.74 Å². The lowest BCUT2D eigenvalue weighted by molar-refractivity contribution is 0.418. The minimum atomic E-state index is -0.0203. The van der Waals surface area contributed by atoms with Crippen LogP contribution in [-0.4, -0.2) is 16.7 Å². The van der Waals surface area contributed by atoms with Gasteiger partial charge in [-0.3, -0.25) is 9.36 Å². The maximum Gasteiger partial charge on any atom is 0.261 e. The number of nitrogens with zero attached hydrogens (tertiary/aromatic N) is 2. The van der Waals surface area contributed by atoms with Crippen LogP contribution in [0.25, 0.3) is 10.9 Å². The molecule has 108 valence electrons. The fourth-order valence-electron chi connectivity index (χ4n) is 2.37. The number of thiophene rings is 1. The minimum Gasteiger partial charge on any atom is -0.494 e. The van der Waals surface area contributed by atoms with Crippen LogP contribution in [0.5, 0.6) is 5.75 Å². The monoisotopic (exact) mass is 300 g/mol. The van der Waals surface area contributed by atoms with Crippen LogP contribution >= 0.6 is 11.3 Å². The largest absolute Gasteiger partial charge is 0.494 e. The molecule has 0 N–H and O–H groups in total. The Kier molecular flexibility index (Phi) is 3.75. The molecule has 0 saturated heterocycles. The molecule has 0 spiro atoms. The lowest BCUT2D eigenvalue weighted by Crippen LogP contribution is -2.21. The van der Waals surface area contributed by atoms with Gasteiger partial charge in [0.1, 0.15) is 11.3 Å². The maximum atomic E-state index is 12.5. The first-order chi connectivity index (χ1) is 10.2. The summed E-state index contributed by atoms with van der Waals surface area (Å²) in [7, 11) is 1.58. The van der Waals surface area contributed by atoms with E-state index in [-0.39, 0.29) is 5.56 Å². The molecule has 0 aliphatic heterocycles. The van der Waals surface area contributed by atoms with Gasteiger partial charge in [0, 0.05) is 17.8 Å². The van der Waals surface area contributed by atoms with Gasteiger partial charge in [0.25, 0.3) is 5.56 Å². The quantitative estimate of drug-likeness (QED) is 0.744. The van der Waals surface area contributed by atoms with Gasteiger partial charge in [-0.2, -0.15) is 0 Å². The van der Waals surface area contributed by atoms with Crippen molar-refractivity contribution >= 4 is 22.2 Å². The van der Waals surface area contributed by atoms with Gasteiger partial charge in [0.05, 0.1) is 18.8 Å². The molecule has 2 heterocycles. The highest BCUT2D eigenvalue weighted by Gasteiger charge is 2.09. The van der Waals surface area contributed by atoms with E-state index in [4.69, 9.17) is 4.74 Å². The first kappa shape index (κ1) is 13.8. The van der Waals surface area contributed by atoms with Crippen molar-refractivity contribution in [3.8, 4) is 5.75 Å². The molecular weight excluding hydrogens is 284 g/mol. The molecule has 0 radical (unpaired) electrons. The Morgan fingerprint density at radius 3 is 2.90 bits per heavy atom. The summed E-state index contributed by atoms with van der Waals surface area (Å²) in [6.07, 6.45) is 2.46. The summed E-state index contributed by atoms with van der Waals surface area (Å²) >= 11 is 1.73. The summed E-state index contributed by atoms with van der Waals surface area (Å²) in [5.74, 6) is 0.630. The van der Waals surface area contributed by atoms with Crippen LogP contribution in [-0.2, 0) is 13.0 Å². The van der Waals surface area contributed by atoms with E-state index in [1.807, 2.05) is 12.1 Å². The van der Waals surface area contributed by atoms with Crippen LogP contribution in [0.4, 0.5) is 0 Å². The van der Waals surface area contributed by atoms with Crippen LogP contribution in [0.1, 0.15) is 10.4 Å². The van der Waals surface area contributed by atoms with Crippen molar-refractivity contribution < 1.29 is 4.74 Å². The van der Waals surface area contributed by atoms with Crippen LogP contribution in [0.2, 0.25) is 0 Å². The topological polar surface area (TPSA) is 44.1 Å². The molecule has 2 aromatic heterocycles. The van der Waals surface area contributed by atoms with Crippen molar-refractivity contribution in [3.05, 3.63) is 56.8 Å². The number of aryl methyl sites for hydroxylation is 3. The smallest absolute Gasteiger partial charge is 0.261 e. The summed E-state index contributed by atoms with van der Waals surface area (Å²) < 4.78 is 6.92. The number of hydrogen-bond acceptors (Lipinski definition) is 4. The minimum absolute atomic E-state index is 0.0203. The predicted molar refractivity (Wildman–Crippen MR) is 85.3 cm³/mol. The van der Waals surface area contributed by atoms with E-state index < -0.39 is 0 Å². The number of ether oxygens (including phenoxy) is 1. The zero-order valence-corrected chi connectivity index (χ0v) is 12.8. The highest BCUT2D eigenvalue weighted by Crippen LogP contribution is 2.20. The Morgan fingerprint density at radius 1 is 1.33 bits per heavy atom. The number of rotatable bonds is 4. The third-order valence-electron chi connectivity index (χ3n) is 3.58. The van der Waals surface area contributed by atoms with Crippen LogP contribution in [0.15, 0.2) is 40.8 Å². The van der Waals surface area contributed by atoms with Gasteiger partial charge >= 0.3 is 0 Å². The maximum absolute atomic E-state index is 12.5. The fourth-order valence-corrected chi connectivity index (χ4v) is 3.27. The second-order valence-corrected chi connectivity index (χ2v) is 5.88. The third-order valence-corrected chi connectivity index (χ3v) is 4.67. The van der Waals surface area contributed by atoms with Crippen LogP contribution < -0.4 is 10.3 Å². The van der Waals surface area contributed by atoms with Crippen LogP contribution in [0, 0.1) is 6.92 Å². The van der Waals surface area contributed by atoms with E-state index in [1.165, 1.54) is 10.4 Å². The number of fused-ring (bicyclic) bond motifs is 1. The molecular formula is C16H16N2O2S. The lowest BCUT2D eigenvalue weighted by Gasteiger charge is -2.08. The van der Waals surface area contributed by atoms with E-state index in [9.17, 15) is 4.79 Å². The first-order valence-corrected chi connectivity index (χ1v) is 7.64. The van der Waals surface area contributed by atoms with E-state index in [0.717, 1.165) is 6.42 Å². The summed E-state index contributed by atoms with van der Waals surface area (Å²) in [4.78, 5) is 18.2. The number of methoxy groups -OCH3 is 1. The second kappa shape index (κ2) is 5.69. The number of benzene rings is 1. The van der Waals surface area contributed by atoms with E-state index >= 15 is 0 Å². The van der Waals surface area contributed by atoms with Gasteiger partial charge in [0.2, 0.25) is 0 Å². The molecule has 3 rings (SSSR count). The molecule has 0 aliphatic carbocycles. The summed E-state index contributed by atoms with van der Waals surface area (Å²) in [5.41, 5.74) is 1.88. The Labute approximate surface area is 126 Å². The average Bonchev–Trinajstić information content (AvgIpc) is 2.91.